The number of hydrogen-bond acceptors (Lipinski definition) is 6. The van der Waals surface area contributed by atoms with E-state index in [0.29, 0.717) is 5.57 Å². The average molecular weight is 228 g/mol. The molecule has 2 heterocycles. The predicted octanol–water partition coefficient (Wildman–Crippen LogP) is -1.25. The van der Waals surface area contributed by atoms with Gasteiger partial charge in [0.25, 0.3) is 0 Å². The minimum absolute atomic E-state index is 0.0598. The van der Waals surface area contributed by atoms with Crippen molar-refractivity contribution in [3.05, 3.63) is 11.6 Å². The molecule has 0 aromatic carbocycles. The summed E-state index contributed by atoms with van der Waals surface area (Å²) in [5, 5.41) is 17.9. The third-order valence-corrected chi connectivity index (χ3v) is 2.74. The first-order chi connectivity index (χ1) is 7.65. The van der Waals surface area contributed by atoms with Crippen LogP contribution in [0.3, 0.4) is 0 Å². The van der Waals surface area contributed by atoms with Gasteiger partial charge in [0.05, 0.1) is 19.6 Å². The van der Waals surface area contributed by atoms with Crippen LogP contribution in [0.5, 0.6) is 0 Å². The Morgan fingerprint density at radius 1 is 1.25 bits per heavy atom. The zero-order valence-corrected chi connectivity index (χ0v) is 8.46. The van der Waals surface area contributed by atoms with E-state index < -0.39 is 30.1 Å². The van der Waals surface area contributed by atoms with Gasteiger partial charge >= 0.3 is 11.9 Å². The van der Waals surface area contributed by atoms with Gasteiger partial charge < -0.3 is 19.7 Å². The first-order valence-electron chi connectivity index (χ1n) is 4.99. The van der Waals surface area contributed by atoms with Crippen LogP contribution >= 0.6 is 0 Å². The molecule has 0 amide bonds. The van der Waals surface area contributed by atoms with Crippen molar-refractivity contribution in [2.45, 2.75) is 18.6 Å². The number of cyclic esters (lactones) is 2. The van der Waals surface area contributed by atoms with E-state index in [0.717, 1.165) is 0 Å². The maximum absolute atomic E-state index is 11.4. The second kappa shape index (κ2) is 4.23. The van der Waals surface area contributed by atoms with Crippen molar-refractivity contribution in [2.24, 2.45) is 5.92 Å². The Morgan fingerprint density at radius 3 is 2.56 bits per heavy atom. The molecule has 2 N–H and O–H groups in total. The number of carbonyl (C=O) groups is 2. The quantitative estimate of drug-likeness (QED) is 0.586. The highest BCUT2D eigenvalue weighted by molar-refractivity contribution is 5.93. The molecule has 2 aliphatic heterocycles. The van der Waals surface area contributed by atoms with E-state index >= 15 is 0 Å². The Morgan fingerprint density at radius 2 is 2.00 bits per heavy atom. The zero-order valence-electron chi connectivity index (χ0n) is 8.46. The normalized spacial score (nSPS) is 33.6. The van der Waals surface area contributed by atoms with Crippen LogP contribution in [-0.2, 0) is 19.1 Å². The summed E-state index contributed by atoms with van der Waals surface area (Å²) in [4.78, 5) is 22.5. The molecule has 0 spiro atoms. The van der Waals surface area contributed by atoms with Crippen LogP contribution in [0.4, 0.5) is 0 Å². The van der Waals surface area contributed by atoms with Gasteiger partial charge in [0.2, 0.25) is 0 Å². The van der Waals surface area contributed by atoms with E-state index in [2.05, 4.69) is 0 Å². The van der Waals surface area contributed by atoms with E-state index in [4.69, 9.17) is 19.7 Å². The standard InChI is InChI=1S/C10H12O6/c11-3-5-1-7(10(14)15-5)6-2-9(13)16-8(6)4-12/h1,5-6,8,11-12H,2-4H2/t5-,6+,8+/m0/s1. The molecule has 16 heavy (non-hydrogen) atoms. The SMILES string of the molecule is O=C1C[C@H](C2=C[C@@H](CO)OC2=O)[C@@H](CO)O1. The Bertz CT molecular complexity index is 347. The van der Waals surface area contributed by atoms with Crippen LogP contribution in [0.2, 0.25) is 0 Å². The van der Waals surface area contributed by atoms with Crippen LogP contribution in [0.25, 0.3) is 0 Å². The first kappa shape index (κ1) is 11.1. The molecule has 6 heteroatoms. The van der Waals surface area contributed by atoms with Crippen molar-refractivity contribution in [2.75, 3.05) is 13.2 Å². The number of rotatable bonds is 3. The fourth-order valence-electron chi connectivity index (χ4n) is 1.96. The Balaban J connectivity index is 2.18. The molecule has 0 aliphatic carbocycles. The number of esters is 2. The van der Waals surface area contributed by atoms with Gasteiger partial charge in [0, 0.05) is 11.5 Å². The topological polar surface area (TPSA) is 93.1 Å². The molecule has 0 aromatic heterocycles. The van der Waals surface area contributed by atoms with Crippen LogP contribution < -0.4 is 0 Å². The largest absolute Gasteiger partial charge is 0.459 e. The Hall–Kier alpha value is -1.40. The molecule has 2 rings (SSSR count). The lowest BCUT2D eigenvalue weighted by Crippen LogP contribution is -2.24. The van der Waals surface area contributed by atoms with Gasteiger partial charge in [-0.15, -0.1) is 0 Å². The molecule has 6 nitrogen and oxygen atoms in total. The van der Waals surface area contributed by atoms with Crippen molar-refractivity contribution >= 4 is 11.9 Å². The molecule has 0 unspecified atom stereocenters. The lowest BCUT2D eigenvalue weighted by molar-refractivity contribution is -0.144. The fraction of sp³-hybridized carbons (Fsp3) is 0.600. The van der Waals surface area contributed by atoms with E-state index in [1.54, 1.807) is 0 Å². The molecule has 0 radical (unpaired) electrons. The molecule has 0 saturated carbocycles. The van der Waals surface area contributed by atoms with E-state index in [9.17, 15) is 9.59 Å². The number of carbonyl (C=O) groups excluding carboxylic acids is 2. The monoisotopic (exact) mass is 228 g/mol. The van der Waals surface area contributed by atoms with Gasteiger partial charge in [-0.25, -0.2) is 4.79 Å². The molecule has 2 aliphatic rings. The van der Waals surface area contributed by atoms with E-state index in [-0.39, 0.29) is 19.6 Å². The number of hydrogen-bond donors (Lipinski definition) is 2. The predicted molar refractivity (Wildman–Crippen MR) is 50.1 cm³/mol. The van der Waals surface area contributed by atoms with Crippen LogP contribution in [0, 0.1) is 5.92 Å². The lowest BCUT2D eigenvalue weighted by Gasteiger charge is -2.13. The number of aliphatic hydroxyl groups is 2. The van der Waals surface area contributed by atoms with Gasteiger partial charge in [0.15, 0.2) is 0 Å². The lowest BCUT2D eigenvalue weighted by atomic mass is 9.92. The van der Waals surface area contributed by atoms with E-state index in [1.807, 2.05) is 0 Å². The highest BCUT2D eigenvalue weighted by atomic mass is 16.6. The minimum atomic E-state index is -0.691. The summed E-state index contributed by atoms with van der Waals surface area (Å²) in [7, 11) is 0. The van der Waals surface area contributed by atoms with Crippen molar-refractivity contribution < 1.29 is 29.3 Å². The fourth-order valence-corrected chi connectivity index (χ4v) is 1.96. The second-order valence-corrected chi connectivity index (χ2v) is 3.77. The Kier molecular flexibility index (Phi) is 2.93. The summed E-state index contributed by atoms with van der Waals surface area (Å²) in [6, 6.07) is 0. The molecule has 1 saturated heterocycles. The molecule has 1 fully saturated rings. The van der Waals surface area contributed by atoms with Gasteiger partial charge in [-0.05, 0) is 6.08 Å². The molecule has 88 valence electrons. The van der Waals surface area contributed by atoms with Crippen molar-refractivity contribution in [3.63, 3.8) is 0 Å². The minimum Gasteiger partial charge on any atom is -0.459 e. The van der Waals surface area contributed by atoms with Crippen LogP contribution in [-0.4, -0.2) is 47.6 Å². The third kappa shape index (κ3) is 1.81. The second-order valence-electron chi connectivity index (χ2n) is 3.77. The van der Waals surface area contributed by atoms with Crippen molar-refractivity contribution in [1.29, 1.82) is 0 Å². The first-order valence-corrected chi connectivity index (χ1v) is 4.99. The number of ether oxygens (including phenoxy) is 2. The average Bonchev–Trinajstić information content (AvgIpc) is 2.81. The summed E-state index contributed by atoms with van der Waals surface area (Å²) in [5.74, 6) is -1.47. The number of aliphatic hydroxyl groups excluding tert-OH is 2. The third-order valence-electron chi connectivity index (χ3n) is 2.74. The van der Waals surface area contributed by atoms with Crippen LogP contribution in [0.1, 0.15) is 6.42 Å². The summed E-state index contributed by atoms with van der Waals surface area (Å²) >= 11 is 0. The van der Waals surface area contributed by atoms with Crippen molar-refractivity contribution in [1.82, 2.24) is 0 Å². The smallest absolute Gasteiger partial charge is 0.334 e. The van der Waals surface area contributed by atoms with Crippen molar-refractivity contribution in [3.8, 4) is 0 Å². The summed E-state index contributed by atoms with van der Waals surface area (Å²) in [6.45, 7) is -0.620. The molecule has 0 aromatic rings. The molecular formula is C10H12O6. The van der Waals surface area contributed by atoms with Gasteiger partial charge in [-0.1, -0.05) is 0 Å². The Labute approximate surface area is 91.5 Å². The molecular weight excluding hydrogens is 216 g/mol. The highest BCUT2D eigenvalue weighted by Crippen LogP contribution is 2.32. The highest BCUT2D eigenvalue weighted by Gasteiger charge is 2.42. The summed E-state index contributed by atoms with van der Waals surface area (Å²) in [6.07, 6.45) is 0.198. The molecule has 0 bridgehead atoms. The van der Waals surface area contributed by atoms with E-state index in [1.165, 1.54) is 6.08 Å². The van der Waals surface area contributed by atoms with Gasteiger partial charge in [-0.2, -0.15) is 0 Å². The van der Waals surface area contributed by atoms with Gasteiger partial charge in [0.1, 0.15) is 12.2 Å². The maximum Gasteiger partial charge on any atom is 0.334 e. The summed E-state index contributed by atoms with van der Waals surface area (Å²) < 4.78 is 9.69. The molecule has 3 atom stereocenters. The maximum atomic E-state index is 11.4. The zero-order chi connectivity index (χ0) is 11.7. The van der Waals surface area contributed by atoms with Crippen LogP contribution in [0.15, 0.2) is 11.6 Å². The summed E-state index contributed by atoms with van der Waals surface area (Å²) in [5.41, 5.74) is 0.309. The van der Waals surface area contributed by atoms with Gasteiger partial charge in [-0.3, -0.25) is 4.79 Å².